The van der Waals surface area contributed by atoms with Crippen LogP contribution >= 0.6 is 34.8 Å². The van der Waals surface area contributed by atoms with Gasteiger partial charge in [-0.15, -0.1) is 0 Å². The lowest BCUT2D eigenvalue weighted by Gasteiger charge is -2.40. The first kappa shape index (κ1) is 49.9. The molecule has 3 heteroatoms. The highest BCUT2D eigenvalue weighted by Crippen LogP contribution is 2.70. The number of benzene rings is 15. The second-order valence-corrected chi connectivity index (χ2v) is 26.7. The molecule has 0 saturated heterocycles. The van der Waals surface area contributed by atoms with Crippen molar-refractivity contribution in [2.75, 3.05) is 0 Å². The van der Waals surface area contributed by atoms with Crippen LogP contribution in [-0.4, -0.2) is 0 Å². The van der Waals surface area contributed by atoms with Crippen molar-refractivity contribution in [1.29, 1.82) is 0 Å². The van der Waals surface area contributed by atoms with E-state index < -0.39 is 16.2 Å². The second kappa shape index (κ2) is 17.4. The molecule has 3 atom stereocenters. The van der Waals surface area contributed by atoms with Gasteiger partial charge in [0.25, 0.3) is 0 Å². The zero-order valence-electron chi connectivity index (χ0n) is 48.3. The Hall–Kier alpha value is -10.1. The Morgan fingerprint density at radius 2 is 0.733 bits per heavy atom. The first-order valence-corrected chi connectivity index (χ1v) is 32.3. The van der Waals surface area contributed by atoms with E-state index in [1.165, 1.54) is 144 Å². The maximum Gasteiger partial charge on any atom is 0.0726 e. The Balaban J connectivity index is 0.854. The zero-order valence-corrected chi connectivity index (χ0v) is 50.5. The predicted octanol–water partition coefficient (Wildman–Crippen LogP) is 23.5. The number of fused-ring (bicyclic) bond motifs is 18. The molecule has 0 radical (unpaired) electrons. The molecule has 0 heterocycles. The molecule has 416 valence electrons. The number of halogens is 3. The molecule has 6 aliphatic carbocycles. The molecular weight excluding hydrogens is 1150 g/mol. The molecule has 0 bridgehead atoms. The molecule has 15 aromatic rings. The lowest BCUT2D eigenvalue weighted by atomic mass is 9.61. The highest BCUT2D eigenvalue weighted by atomic mass is 35.5. The molecule has 0 fully saturated rings. The van der Waals surface area contributed by atoms with Crippen LogP contribution in [0.15, 0.2) is 285 Å². The summed E-state index contributed by atoms with van der Waals surface area (Å²) in [4.78, 5) is 0. The number of hydrogen-bond donors (Lipinski definition) is 0. The average Bonchev–Trinajstić information content (AvgIpc) is 1.48. The highest BCUT2D eigenvalue weighted by molar-refractivity contribution is 6.37. The first-order chi connectivity index (χ1) is 44.4. The van der Waals surface area contributed by atoms with Gasteiger partial charge in [0.1, 0.15) is 0 Å². The molecule has 0 saturated carbocycles. The van der Waals surface area contributed by atoms with E-state index in [4.69, 9.17) is 34.8 Å². The van der Waals surface area contributed by atoms with Gasteiger partial charge >= 0.3 is 0 Å². The van der Waals surface area contributed by atoms with Crippen LogP contribution in [-0.2, 0) is 16.2 Å². The van der Waals surface area contributed by atoms with E-state index in [1.807, 2.05) is 0 Å². The molecule has 0 nitrogen and oxygen atoms in total. The summed E-state index contributed by atoms with van der Waals surface area (Å²) in [6.45, 7) is 0. The molecule has 0 amide bonds. The third-order valence-corrected chi connectivity index (χ3v) is 22.7. The first-order valence-electron chi connectivity index (χ1n) is 31.1. The molecule has 21 rings (SSSR count). The number of rotatable bonds is 5. The van der Waals surface area contributed by atoms with Gasteiger partial charge < -0.3 is 0 Å². The van der Waals surface area contributed by atoms with Crippen LogP contribution in [0.3, 0.4) is 0 Å². The van der Waals surface area contributed by atoms with Crippen molar-refractivity contribution < 1.29 is 0 Å². The van der Waals surface area contributed by atoms with Gasteiger partial charge in [-0.05, 0) is 220 Å². The molecule has 90 heavy (non-hydrogen) atoms. The quantitative estimate of drug-likeness (QED) is 0.161. The molecule has 15 aromatic carbocycles. The van der Waals surface area contributed by atoms with E-state index >= 15 is 0 Å². The van der Waals surface area contributed by atoms with Crippen LogP contribution in [0.2, 0.25) is 15.1 Å². The molecular formula is C87H47Cl3. The van der Waals surface area contributed by atoms with Crippen molar-refractivity contribution in [3.8, 4) is 89.0 Å². The summed E-state index contributed by atoms with van der Waals surface area (Å²) in [5, 5.41) is 9.27. The zero-order chi connectivity index (χ0) is 59.1. The van der Waals surface area contributed by atoms with E-state index in [0.29, 0.717) is 5.02 Å². The van der Waals surface area contributed by atoms with Gasteiger partial charge in [-0.1, -0.05) is 277 Å². The molecule has 0 spiro atoms. The largest absolute Gasteiger partial charge is 0.0843 e. The molecule has 0 aliphatic heterocycles. The topological polar surface area (TPSA) is 0 Å². The van der Waals surface area contributed by atoms with Crippen molar-refractivity contribution >= 4 is 67.1 Å². The summed E-state index contributed by atoms with van der Waals surface area (Å²) >= 11 is 22.5. The van der Waals surface area contributed by atoms with Crippen molar-refractivity contribution in [2.24, 2.45) is 0 Å². The van der Waals surface area contributed by atoms with E-state index in [2.05, 4.69) is 285 Å². The average molecular weight is 1200 g/mol. The number of hydrogen-bond acceptors (Lipinski definition) is 0. The van der Waals surface area contributed by atoms with E-state index in [1.54, 1.807) is 0 Å². The van der Waals surface area contributed by atoms with Crippen LogP contribution < -0.4 is 0 Å². The van der Waals surface area contributed by atoms with Crippen molar-refractivity contribution in [3.05, 3.63) is 367 Å². The fourth-order valence-corrected chi connectivity index (χ4v) is 19.5. The lowest BCUT2D eigenvalue weighted by Crippen LogP contribution is -2.32. The minimum atomic E-state index is -0.746. The van der Waals surface area contributed by atoms with Gasteiger partial charge in [-0.25, -0.2) is 0 Å². The lowest BCUT2D eigenvalue weighted by molar-refractivity contribution is 0.772. The Labute approximate surface area is 535 Å². The third-order valence-electron chi connectivity index (χ3n) is 21.8. The minimum Gasteiger partial charge on any atom is -0.0843 e. The van der Waals surface area contributed by atoms with E-state index in [0.717, 1.165) is 54.2 Å². The minimum absolute atomic E-state index is 0.585. The summed E-state index contributed by atoms with van der Waals surface area (Å²) in [6.07, 6.45) is 0. The summed E-state index contributed by atoms with van der Waals surface area (Å²) in [5.74, 6) is 0. The summed E-state index contributed by atoms with van der Waals surface area (Å²) in [7, 11) is 0. The van der Waals surface area contributed by atoms with Crippen molar-refractivity contribution in [1.82, 2.24) is 0 Å². The van der Waals surface area contributed by atoms with Crippen LogP contribution in [0.4, 0.5) is 0 Å². The third kappa shape index (κ3) is 5.77. The monoisotopic (exact) mass is 1200 g/mol. The SMILES string of the molecule is Clc1cc2c3c4c(c(-c5ccc6c(c5)-c5c(Cl)ccc7ccc8c(c57)C6(c5ccccc5)c5ccccc5-8)cc3c1)-c1ccccc1C4(c1ccccc1)c1cc(-c3cccc4c3-c3ccc5c(Cl)ccc6c5c3C4(c3ccccc3)c3ccccc3-6)ccc1-2. The van der Waals surface area contributed by atoms with E-state index in [-0.39, 0.29) is 0 Å². The summed E-state index contributed by atoms with van der Waals surface area (Å²) < 4.78 is 0. The highest BCUT2D eigenvalue weighted by Gasteiger charge is 2.55. The molecule has 6 aliphatic rings. The maximum absolute atomic E-state index is 7.69. The van der Waals surface area contributed by atoms with Gasteiger partial charge in [-0.3, -0.25) is 0 Å². The summed E-state index contributed by atoms with van der Waals surface area (Å²) in [6, 6.07) is 108. The van der Waals surface area contributed by atoms with Crippen LogP contribution in [0.1, 0.15) is 66.8 Å². The van der Waals surface area contributed by atoms with Crippen molar-refractivity contribution in [2.45, 2.75) is 16.2 Å². The molecule has 0 N–H and O–H groups in total. The Morgan fingerprint density at radius 3 is 1.46 bits per heavy atom. The smallest absolute Gasteiger partial charge is 0.0726 e. The van der Waals surface area contributed by atoms with Gasteiger partial charge in [0.15, 0.2) is 0 Å². The van der Waals surface area contributed by atoms with Crippen LogP contribution in [0.25, 0.3) is 121 Å². The second-order valence-electron chi connectivity index (χ2n) is 25.5. The van der Waals surface area contributed by atoms with Crippen LogP contribution in [0, 0.1) is 0 Å². The van der Waals surface area contributed by atoms with Crippen molar-refractivity contribution in [3.63, 3.8) is 0 Å². The van der Waals surface area contributed by atoms with Gasteiger partial charge in [0, 0.05) is 26.0 Å². The Bertz CT molecular complexity index is 5820. The predicted molar refractivity (Wildman–Crippen MR) is 374 cm³/mol. The fourth-order valence-electron chi connectivity index (χ4n) is 18.8. The van der Waals surface area contributed by atoms with E-state index in [9.17, 15) is 0 Å². The maximum atomic E-state index is 7.69. The summed E-state index contributed by atoms with van der Waals surface area (Å²) in [5.41, 5.74) is 32.4. The van der Waals surface area contributed by atoms with Gasteiger partial charge in [0.2, 0.25) is 0 Å². The van der Waals surface area contributed by atoms with Gasteiger partial charge in [0.05, 0.1) is 16.2 Å². The standard InChI is InChI=1S/C87H47Cl3/c88-55-43-51-45-65(49-33-40-71-67(44-49)81-75(90)41-34-48-31-36-61-58-24-11-14-28-69(58)85(71,82(61)77(48)81)52-17-4-1-5-18-52)80-62-25-12-15-29-70(62)87(54-21-8-3-9-22-54)73-46-50(32-35-59(73)66(47-55)76(51)84(80)87)56-26-16-30-72-78(56)64-38-37-63-74(89)42-39-60-57-23-10-13-27-68(57)86(72,83(64)79(60)63)53-19-6-2-7-20-53/h1-47H. The van der Waals surface area contributed by atoms with Gasteiger partial charge in [-0.2, -0.15) is 0 Å². The fraction of sp³-hybridized carbons (Fsp3) is 0.0345. The Kier molecular flexibility index (Phi) is 9.65. The normalized spacial score (nSPS) is 18.1. The van der Waals surface area contributed by atoms with Crippen LogP contribution in [0.5, 0.6) is 0 Å². The molecule has 3 unspecified atom stereocenters. The molecule has 0 aromatic heterocycles. The Morgan fingerprint density at radius 1 is 0.222 bits per heavy atom.